The van der Waals surface area contributed by atoms with Gasteiger partial charge in [-0.2, -0.15) is 0 Å². The monoisotopic (exact) mass is 331 g/mol. The van der Waals surface area contributed by atoms with Gasteiger partial charge in [0.2, 0.25) is 0 Å². The molecule has 0 saturated heterocycles. The molecule has 0 atom stereocenters. The summed E-state index contributed by atoms with van der Waals surface area (Å²) >= 11 is 0. The molecule has 0 saturated carbocycles. The fourth-order valence-electron chi connectivity index (χ4n) is 2.07. The Morgan fingerprint density at radius 3 is 2.46 bits per heavy atom. The minimum atomic E-state index is -0.903. The lowest BCUT2D eigenvalue weighted by Gasteiger charge is -2.20. The average Bonchev–Trinajstić information content (AvgIpc) is 2.48. The highest BCUT2D eigenvalue weighted by molar-refractivity contribution is 5.71. The molecule has 8 heteroatoms. The summed E-state index contributed by atoms with van der Waals surface area (Å²) in [5.41, 5.74) is -1.77. The van der Waals surface area contributed by atoms with Crippen LogP contribution < -0.4 is 5.56 Å². The molecule has 24 heavy (non-hydrogen) atoms. The Balaban J connectivity index is 2.53. The minimum absolute atomic E-state index is 0.164. The van der Waals surface area contributed by atoms with Crippen molar-refractivity contribution < 1.29 is 14.5 Å². The van der Waals surface area contributed by atoms with Gasteiger partial charge in [-0.05, 0) is 20.8 Å². The van der Waals surface area contributed by atoms with Crippen molar-refractivity contribution in [3.63, 3.8) is 0 Å². The van der Waals surface area contributed by atoms with Crippen molar-refractivity contribution in [1.82, 2.24) is 9.55 Å². The van der Waals surface area contributed by atoms with Crippen LogP contribution in [0.15, 0.2) is 41.3 Å². The van der Waals surface area contributed by atoms with Gasteiger partial charge in [0.1, 0.15) is 24.2 Å². The summed E-state index contributed by atoms with van der Waals surface area (Å²) in [5.74, 6) is -0.513. The van der Waals surface area contributed by atoms with E-state index >= 15 is 0 Å². The van der Waals surface area contributed by atoms with Crippen molar-refractivity contribution in [2.45, 2.75) is 32.9 Å². The van der Waals surface area contributed by atoms with Crippen molar-refractivity contribution in [3.8, 4) is 11.4 Å². The maximum absolute atomic E-state index is 12.4. The van der Waals surface area contributed by atoms with Crippen LogP contribution in [-0.4, -0.2) is 26.0 Å². The topological polar surface area (TPSA) is 104 Å². The van der Waals surface area contributed by atoms with Gasteiger partial charge in [0.15, 0.2) is 0 Å². The summed E-state index contributed by atoms with van der Waals surface area (Å²) < 4.78 is 6.15. The maximum atomic E-state index is 12.4. The van der Waals surface area contributed by atoms with Crippen molar-refractivity contribution in [2.24, 2.45) is 0 Å². The van der Waals surface area contributed by atoms with Gasteiger partial charge >= 0.3 is 17.2 Å². The zero-order valence-electron chi connectivity index (χ0n) is 13.6. The van der Waals surface area contributed by atoms with E-state index in [2.05, 4.69) is 4.98 Å². The molecule has 2 aromatic rings. The van der Waals surface area contributed by atoms with E-state index < -0.39 is 34.3 Å². The second-order valence-corrected chi connectivity index (χ2v) is 6.07. The number of nitrogens with zero attached hydrogens (tertiary/aromatic N) is 3. The first-order valence-electron chi connectivity index (χ1n) is 7.20. The Morgan fingerprint density at radius 2 is 1.92 bits per heavy atom. The van der Waals surface area contributed by atoms with Crippen molar-refractivity contribution in [2.75, 3.05) is 0 Å². The van der Waals surface area contributed by atoms with Gasteiger partial charge in [0, 0.05) is 5.56 Å². The second kappa shape index (κ2) is 6.61. The van der Waals surface area contributed by atoms with Crippen LogP contribution in [0, 0.1) is 10.1 Å². The first-order valence-corrected chi connectivity index (χ1v) is 7.20. The minimum Gasteiger partial charge on any atom is -0.459 e. The highest BCUT2D eigenvalue weighted by Crippen LogP contribution is 2.17. The lowest BCUT2D eigenvalue weighted by molar-refractivity contribution is -0.386. The van der Waals surface area contributed by atoms with E-state index in [1.54, 1.807) is 51.1 Å². The predicted octanol–water partition coefficient (Wildman–Crippen LogP) is 2.16. The van der Waals surface area contributed by atoms with Crippen molar-refractivity contribution in [1.29, 1.82) is 0 Å². The molecule has 2 rings (SSSR count). The number of nitro groups is 1. The Kier molecular flexibility index (Phi) is 4.77. The molecule has 0 bridgehead atoms. The second-order valence-electron chi connectivity index (χ2n) is 6.07. The standard InChI is InChI=1S/C16H17N3O5/c1-16(2,3)24-13(20)10-18-14(11-7-5-4-6-8-11)17-9-12(15(18)21)19(22)23/h4-9H,10H2,1-3H3. The van der Waals surface area contributed by atoms with Crippen LogP contribution in [0.25, 0.3) is 11.4 Å². The van der Waals surface area contributed by atoms with Crippen molar-refractivity contribution in [3.05, 3.63) is 57.0 Å². The van der Waals surface area contributed by atoms with Gasteiger partial charge in [-0.1, -0.05) is 30.3 Å². The normalized spacial score (nSPS) is 11.1. The summed E-state index contributed by atoms with van der Waals surface area (Å²) in [6.45, 7) is 4.61. The molecule has 0 fully saturated rings. The largest absolute Gasteiger partial charge is 0.459 e. The van der Waals surface area contributed by atoms with E-state index in [-0.39, 0.29) is 5.82 Å². The number of ether oxygens (including phenoxy) is 1. The Hall–Kier alpha value is -3.03. The van der Waals surface area contributed by atoms with E-state index in [1.807, 2.05) is 0 Å². The number of carbonyl (C=O) groups is 1. The third-order valence-corrected chi connectivity index (χ3v) is 2.96. The summed E-state index contributed by atoms with van der Waals surface area (Å²) in [5, 5.41) is 11.0. The molecule has 0 unspecified atom stereocenters. The Morgan fingerprint density at radius 1 is 1.29 bits per heavy atom. The molecule has 126 valence electrons. The fraction of sp³-hybridized carbons (Fsp3) is 0.312. The van der Waals surface area contributed by atoms with Crippen LogP contribution in [0.1, 0.15) is 20.8 Å². The third-order valence-electron chi connectivity index (χ3n) is 2.96. The third kappa shape index (κ3) is 4.03. The molecule has 1 aromatic carbocycles. The molecule has 0 amide bonds. The Bertz CT molecular complexity index is 822. The van der Waals surface area contributed by atoms with E-state index in [9.17, 15) is 19.7 Å². The molecule has 0 aliphatic rings. The first kappa shape index (κ1) is 17.3. The fourth-order valence-corrected chi connectivity index (χ4v) is 2.07. The molecular weight excluding hydrogens is 314 g/mol. The maximum Gasteiger partial charge on any atom is 0.352 e. The lowest BCUT2D eigenvalue weighted by Crippen LogP contribution is -2.32. The molecule has 8 nitrogen and oxygen atoms in total. The molecule has 0 aliphatic carbocycles. The van der Waals surface area contributed by atoms with Gasteiger partial charge in [-0.3, -0.25) is 24.3 Å². The smallest absolute Gasteiger partial charge is 0.352 e. The summed E-state index contributed by atoms with van der Waals surface area (Å²) in [7, 11) is 0. The molecular formula is C16H17N3O5. The lowest BCUT2D eigenvalue weighted by atomic mass is 10.2. The summed E-state index contributed by atoms with van der Waals surface area (Å²) in [4.78, 5) is 38.6. The average molecular weight is 331 g/mol. The van der Waals surface area contributed by atoms with Crippen LogP contribution in [0.2, 0.25) is 0 Å². The van der Waals surface area contributed by atoms with E-state index in [4.69, 9.17) is 4.74 Å². The molecule has 1 heterocycles. The van der Waals surface area contributed by atoms with E-state index in [0.717, 1.165) is 10.8 Å². The molecule has 0 spiro atoms. The quantitative estimate of drug-likeness (QED) is 0.483. The SMILES string of the molecule is CC(C)(C)OC(=O)Cn1c(-c2ccccc2)ncc([N+](=O)[O-])c1=O. The highest BCUT2D eigenvalue weighted by atomic mass is 16.6. The number of esters is 1. The number of carbonyl (C=O) groups excluding carboxylic acids is 1. The van der Waals surface area contributed by atoms with Gasteiger partial charge in [-0.25, -0.2) is 4.98 Å². The van der Waals surface area contributed by atoms with Crippen LogP contribution in [0.5, 0.6) is 0 Å². The van der Waals surface area contributed by atoms with Gasteiger partial charge in [0.25, 0.3) is 0 Å². The predicted molar refractivity (Wildman–Crippen MR) is 86.4 cm³/mol. The van der Waals surface area contributed by atoms with Crippen LogP contribution in [-0.2, 0) is 16.1 Å². The number of rotatable bonds is 4. The number of hydrogen-bond acceptors (Lipinski definition) is 6. The zero-order valence-corrected chi connectivity index (χ0v) is 13.6. The zero-order chi connectivity index (χ0) is 17.9. The van der Waals surface area contributed by atoms with Gasteiger partial charge in [-0.15, -0.1) is 0 Å². The molecule has 0 N–H and O–H groups in total. The Labute approximate surface area is 137 Å². The summed E-state index contributed by atoms with van der Waals surface area (Å²) in [6.07, 6.45) is 0.899. The first-order chi connectivity index (χ1) is 11.2. The number of hydrogen-bond donors (Lipinski definition) is 0. The number of benzene rings is 1. The van der Waals surface area contributed by atoms with Crippen LogP contribution in [0.3, 0.4) is 0 Å². The summed E-state index contributed by atoms with van der Waals surface area (Å²) in [6, 6.07) is 8.64. The van der Waals surface area contributed by atoms with Crippen molar-refractivity contribution >= 4 is 11.7 Å². The van der Waals surface area contributed by atoms with Gasteiger partial charge < -0.3 is 4.74 Å². The van der Waals surface area contributed by atoms with Gasteiger partial charge in [0.05, 0.1) is 4.92 Å². The van der Waals surface area contributed by atoms with Crippen LogP contribution in [0.4, 0.5) is 5.69 Å². The highest BCUT2D eigenvalue weighted by Gasteiger charge is 2.23. The van der Waals surface area contributed by atoms with E-state index in [1.165, 1.54) is 0 Å². The molecule has 0 radical (unpaired) electrons. The van der Waals surface area contributed by atoms with Crippen LogP contribution >= 0.6 is 0 Å². The molecule has 1 aromatic heterocycles. The molecule has 0 aliphatic heterocycles. The number of aromatic nitrogens is 2. The van der Waals surface area contributed by atoms with E-state index in [0.29, 0.717) is 5.56 Å².